The molecule has 0 aliphatic carbocycles. The molecule has 0 bridgehead atoms. The van der Waals surface area contributed by atoms with E-state index in [1.54, 1.807) is 43.3 Å². The topological polar surface area (TPSA) is 58.6 Å². The van der Waals surface area contributed by atoms with Gasteiger partial charge in [-0.15, -0.1) is 0 Å². The second-order valence-electron chi connectivity index (χ2n) is 7.08. The summed E-state index contributed by atoms with van der Waals surface area (Å²) in [5.41, 5.74) is 0.559. The van der Waals surface area contributed by atoms with Crippen LogP contribution in [-0.4, -0.2) is 35.4 Å². The van der Waals surface area contributed by atoms with Gasteiger partial charge < -0.3 is 15.0 Å². The highest BCUT2D eigenvalue weighted by atomic mass is 79.9. The van der Waals surface area contributed by atoms with Crippen molar-refractivity contribution >= 4 is 62.5 Å². The van der Waals surface area contributed by atoms with Crippen molar-refractivity contribution in [3.8, 4) is 5.75 Å². The zero-order valence-corrected chi connectivity index (χ0v) is 21.3. The van der Waals surface area contributed by atoms with Crippen molar-refractivity contribution in [2.45, 2.75) is 45.8 Å². The minimum absolute atomic E-state index is 0.0198. The molecule has 2 atom stereocenters. The smallest absolute Gasteiger partial charge is 0.261 e. The largest absolute Gasteiger partial charge is 0.482 e. The first-order chi connectivity index (χ1) is 14.6. The summed E-state index contributed by atoms with van der Waals surface area (Å²) in [5, 5.41) is 4.10. The lowest BCUT2D eigenvalue weighted by Gasteiger charge is -2.30. The monoisotopic (exact) mass is 548 g/mol. The summed E-state index contributed by atoms with van der Waals surface area (Å²) >= 11 is 22.1. The fourth-order valence-electron chi connectivity index (χ4n) is 2.72. The summed E-state index contributed by atoms with van der Waals surface area (Å²) in [4.78, 5) is 27.3. The lowest BCUT2D eigenvalue weighted by atomic mass is 10.1. The number of amides is 2. The van der Waals surface area contributed by atoms with E-state index in [-0.39, 0.29) is 25.1 Å². The molecule has 168 valence electrons. The SMILES string of the molecule is CC[C@H](C)NC(=O)[C@H](C)N(Cc1c(Cl)cccc1Cl)C(=O)COc1ccc(Br)cc1Cl. The maximum atomic E-state index is 13.1. The van der Waals surface area contributed by atoms with Crippen LogP contribution in [0, 0.1) is 0 Å². The van der Waals surface area contributed by atoms with Gasteiger partial charge in [-0.05, 0) is 50.6 Å². The lowest BCUT2D eigenvalue weighted by molar-refractivity contribution is -0.142. The molecule has 2 rings (SSSR count). The molecule has 0 aromatic heterocycles. The van der Waals surface area contributed by atoms with Gasteiger partial charge in [0.05, 0.1) is 5.02 Å². The molecule has 31 heavy (non-hydrogen) atoms. The predicted molar refractivity (Wildman–Crippen MR) is 129 cm³/mol. The van der Waals surface area contributed by atoms with E-state index in [1.807, 2.05) is 13.8 Å². The van der Waals surface area contributed by atoms with Crippen LogP contribution in [0.5, 0.6) is 5.75 Å². The number of nitrogens with zero attached hydrogens (tertiary/aromatic N) is 1. The van der Waals surface area contributed by atoms with Crippen LogP contribution in [0.1, 0.15) is 32.8 Å². The van der Waals surface area contributed by atoms with Crippen LogP contribution in [0.4, 0.5) is 0 Å². The number of carbonyl (C=O) groups excluding carboxylic acids is 2. The molecular weight excluding hydrogens is 527 g/mol. The van der Waals surface area contributed by atoms with Gasteiger partial charge in [-0.25, -0.2) is 0 Å². The summed E-state index contributed by atoms with van der Waals surface area (Å²) in [6.45, 7) is 5.29. The summed E-state index contributed by atoms with van der Waals surface area (Å²) in [5.74, 6) is -0.306. The lowest BCUT2D eigenvalue weighted by Crippen LogP contribution is -2.50. The molecule has 5 nitrogen and oxygen atoms in total. The maximum absolute atomic E-state index is 13.1. The van der Waals surface area contributed by atoms with Gasteiger partial charge >= 0.3 is 0 Å². The van der Waals surface area contributed by atoms with Gasteiger partial charge in [0.1, 0.15) is 11.8 Å². The molecule has 0 heterocycles. The maximum Gasteiger partial charge on any atom is 0.261 e. The Kier molecular flexibility index (Phi) is 9.94. The Morgan fingerprint density at radius 3 is 2.32 bits per heavy atom. The Balaban J connectivity index is 2.24. The molecule has 2 aromatic rings. The average Bonchev–Trinajstić information content (AvgIpc) is 2.72. The predicted octanol–water partition coefficient (Wildman–Crippen LogP) is 6.12. The molecule has 0 unspecified atom stereocenters. The Morgan fingerprint density at radius 1 is 1.10 bits per heavy atom. The van der Waals surface area contributed by atoms with E-state index in [4.69, 9.17) is 39.5 Å². The molecular formula is C22H24BrCl3N2O3. The van der Waals surface area contributed by atoms with Crippen LogP contribution in [0.15, 0.2) is 40.9 Å². The number of benzene rings is 2. The number of hydrogen-bond acceptors (Lipinski definition) is 3. The molecule has 1 N–H and O–H groups in total. The Morgan fingerprint density at radius 2 is 1.74 bits per heavy atom. The van der Waals surface area contributed by atoms with Crippen LogP contribution in [0.25, 0.3) is 0 Å². The van der Waals surface area contributed by atoms with Crippen LogP contribution in [0.2, 0.25) is 15.1 Å². The van der Waals surface area contributed by atoms with E-state index in [1.165, 1.54) is 4.90 Å². The second kappa shape index (κ2) is 12.0. The van der Waals surface area contributed by atoms with Gasteiger partial charge in [0.15, 0.2) is 6.61 Å². The van der Waals surface area contributed by atoms with E-state index in [2.05, 4.69) is 21.2 Å². The highest BCUT2D eigenvalue weighted by Gasteiger charge is 2.28. The van der Waals surface area contributed by atoms with E-state index in [0.717, 1.165) is 10.9 Å². The number of rotatable bonds is 9. The van der Waals surface area contributed by atoms with Gasteiger partial charge in [-0.2, -0.15) is 0 Å². The van der Waals surface area contributed by atoms with Crippen molar-refractivity contribution in [3.05, 3.63) is 61.5 Å². The van der Waals surface area contributed by atoms with Gasteiger partial charge in [0.2, 0.25) is 5.91 Å². The fraction of sp³-hybridized carbons (Fsp3) is 0.364. The third-order valence-corrected chi connectivity index (χ3v) is 6.30. The molecule has 2 aromatic carbocycles. The molecule has 0 radical (unpaired) electrons. The number of hydrogen-bond donors (Lipinski definition) is 1. The molecule has 0 fully saturated rings. The number of halogens is 4. The van der Waals surface area contributed by atoms with E-state index >= 15 is 0 Å². The molecule has 0 aliphatic rings. The van der Waals surface area contributed by atoms with E-state index < -0.39 is 11.9 Å². The zero-order valence-electron chi connectivity index (χ0n) is 17.4. The van der Waals surface area contributed by atoms with Crippen LogP contribution < -0.4 is 10.1 Å². The number of nitrogens with one attached hydrogen (secondary N) is 1. The molecule has 2 amide bonds. The van der Waals surface area contributed by atoms with Crippen molar-refractivity contribution in [2.75, 3.05) is 6.61 Å². The van der Waals surface area contributed by atoms with Crippen molar-refractivity contribution < 1.29 is 14.3 Å². The summed E-state index contributed by atoms with van der Waals surface area (Å²) in [7, 11) is 0. The standard InChI is InChI=1S/C22H24BrCl3N2O3/c1-4-13(2)27-22(30)14(3)28(11-16-17(24)6-5-7-18(16)25)21(29)12-31-20-9-8-15(23)10-19(20)26/h5-10,13-14H,4,11-12H2,1-3H3,(H,27,30)/t13-,14-/m0/s1. The summed E-state index contributed by atoms with van der Waals surface area (Å²) < 4.78 is 6.42. The van der Waals surface area contributed by atoms with Crippen molar-refractivity contribution in [3.63, 3.8) is 0 Å². The van der Waals surface area contributed by atoms with Crippen LogP contribution in [0.3, 0.4) is 0 Å². The highest BCUT2D eigenvalue weighted by molar-refractivity contribution is 9.10. The normalized spacial score (nSPS) is 12.7. The second-order valence-corrected chi connectivity index (χ2v) is 9.22. The average molecular weight is 551 g/mol. The third kappa shape index (κ3) is 7.28. The quantitative estimate of drug-likeness (QED) is 0.409. The summed E-state index contributed by atoms with van der Waals surface area (Å²) in [6.07, 6.45) is 0.772. The Hall–Kier alpha value is -1.47. The van der Waals surface area contributed by atoms with E-state index in [9.17, 15) is 9.59 Å². The zero-order chi connectivity index (χ0) is 23.1. The van der Waals surface area contributed by atoms with Gasteiger partial charge in [-0.1, -0.05) is 63.7 Å². The van der Waals surface area contributed by atoms with Crippen molar-refractivity contribution in [2.24, 2.45) is 0 Å². The number of ether oxygens (including phenoxy) is 1. The first-order valence-corrected chi connectivity index (χ1v) is 11.7. The fourth-order valence-corrected chi connectivity index (χ4v) is 3.96. The Labute approximate surface area is 206 Å². The first kappa shape index (κ1) is 25.8. The highest BCUT2D eigenvalue weighted by Crippen LogP contribution is 2.29. The van der Waals surface area contributed by atoms with Crippen molar-refractivity contribution in [1.82, 2.24) is 10.2 Å². The molecule has 0 saturated carbocycles. The minimum Gasteiger partial charge on any atom is -0.482 e. The van der Waals surface area contributed by atoms with Crippen LogP contribution in [-0.2, 0) is 16.1 Å². The Bertz CT molecular complexity index is 922. The molecule has 0 aliphatic heterocycles. The molecule has 9 heteroatoms. The van der Waals surface area contributed by atoms with Crippen LogP contribution >= 0.6 is 50.7 Å². The van der Waals surface area contributed by atoms with Gasteiger partial charge in [0, 0.05) is 32.7 Å². The third-order valence-electron chi connectivity index (χ3n) is 4.80. The first-order valence-electron chi connectivity index (χ1n) is 9.74. The molecule has 0 saturated heterocycles. The van der Waals surface area contributed by atoms with Gasteiger partial charge in [-0.3, -0.25) is 9.59 Å². The minimum atomic E-state index is -0.766. The summed E-state index contributed by atoms with van der Waals surface area (Å²) in [6, 6.07) is 9.40. The van der Waals surface area contributed by atoms with Gasteiger partial charge in [0.25, 0.3) is 5.91 Å². The van der Waals surface area contributed by atoms with Crippen molar-refractivity contribution in [1.29, 1.82) is 0 Å². The number of carbonyl (C=O) groups is 2. The van der Waals surface area contributed by atoms with E-state index in [0.29, 0.717) is 26.4 Å². The molecule has 0 spiro atoms.